The van der Waals surface area contributed by atoms with Crippen LogP contribution in [0.4, 0.5) is 17.1 Å². The second-order valence-corrected chi connectivity index (χ2v) is 8.69. The summed E-state index contributed by atoms with van der Waals surface area (Å²) in [4.78, 5) is 51.7. The summed E-state index contributed by atoms with van der Waals surface area (Å²) in [6, 6.07) is 18.1. The smallest absolute Gasteiger partial charge is 0.338 e. The van der Waals surface area contributed by atoms with E-state index in [2.05, 4.69) is 10.6 Å². The summed E-state index contributed by atoms with van der Waals surface area (Å²) in [6.07, 6.45) is 0. The number of halogens is 1. The van der Waals surface area contributed by atoms with E-state index in [1.165, 1.54) is 6.07 Å². The van der Waals surface area contributed by atoms with Gasteiger partial charge in [-0.05, 0) is 80.4 Å². The zero-order valence-corrected chi connectivity index (χ0v) is 21.2. The van der Waals surface area contributed by atoms with E-state index in [0.29, 0.717) is 28.2 Å². The molecule has 2 N–H and O–H groups in total. The van der Waals surface area contributed by atoms with E-state index < -0.39 is 23.7 Å². The number of nitrogens with one attached hydrogen (secondary N) is 2. The van der Waals surface area contributed by atoms with Crippen molar-refractivity contribution in [3.8, 4) is 0 Å². The first-order chi connectivity index (χ1) is 17.7. The third-order valence-electron chi connectivity index (χ3n) is 5.89. The highest BCUT2D eigenvalue weighted by atomic mass is 35.5. The molecule has 1 aliphatic heterocycles. The van der Waals surface area contributed by atoms with Crippen LogP contribution in [0, 0.1) is 13.8 Å². The van der Waals surface area contributed by atoms with Crippen molar-refractivity contribution in [2.24, 2.45) is 0 Å². The summed E-state index contributed by atoms with van der Waals surface area (Å²) in [6.45, 7) is 5.72. The molecule has 0 radical (unpaired) electrons. The summed E-state index contributed by atoms with van der Waals surface area (Å²) in [7, 11) is 0. The Morgan fingerprint density at radius 1 is 0.892 bits per heavy atom. The van der Waals surface area contributed by atoms with Gasteiger partial charge < -0.3 is 15.4 Å². The molecule has 37 heavy (non-hydrogen) atoms. The third kappa shape index (κ3) is 5.24. The lowest BCUT2D eigenvalue weighted by molar-refractivity contribution is -0.120. The molecule has 4 rings (SSSR count). The molecule has 0 saturated heterocycles. The second-order valence-electron chi connectivity index (χ2n) is 8.31. The van der Waals surface area contributed by atoms with Crippen LogP contribution in [0.2, 0.25) is 0 Å². The number of carbonyl (C=O) groups is 4. The molecule has 0 aliphatic carbocycles. The molecule has 0 aromatic heterocycles. The SMILES string of the molecule is CCOC(=O)c1ccc(NC(=O)c2cccc(NC3=C(Cl)C(=O)N(c4cccc(C)c4C)C3=O)c2)cc1. The Balaban J connectivity index is 1.50. The van der Waals surface area contributed by atoms with Crippen molar-refractivity contribution in [2.75, 3.05) is 22.1 Å². The fourth-order valence-electron chi connectivity index (χ4n) is 3.80. The van der Waals surface area contributed by atoms with Crippen molar-refractivity contribution < 1.29 is 23.9 Å². The van der Waals surface area contributed by atoms with Crippen LogP contribution in [-0.2, 0) is 14.3 Å². The number of imide groups is 1. The number of ether oxygens (including phenoxy) is 1. The van der Waals surface area contributed by atoms with E-state index in [1.54, 1.807) is 61.5 Å². The molecule has 9 heteroatoms. The fourth-order valence-corrected chi connectivity index (χ4v) is 4.01. The normalized spacial score (nSPS) is 13.1. The van der Waals surface area contributed by atoms with Gasteiger partial charge in [-0.2, -0.15) is 0 Å². The van der Waals surface area contributed by atoms with Crippen molar-refractivity contribution in [1.82, 2.24) is 0 Å². The average Bonchev–Trinajstić information content (AvgIpc) is 3.09. The first kappa shape index (κ1) is 25.7. The topological polar surface area (TPSA) is 105 Å². The van der Waals surface area contributed by atoms with Crippen LogP contribution in [0.5, 0.6) is 0 Å². The van der Waals surface area contributed by atoms with Gasteiger partial charge in [0.05, 0.1) is 17.9 Å². The van der Waals surface area contributed by atoms with E-state index in [9.17, 15) is 19.2 Å². The molecule has 3 aromatic carbocycles. The largest absolute Gasteiger partial charge is 0.462 e. The van der Waals surface area contributed by atoms with Crippen LogP contribution < -0.4 is 15.5 Å². The number of hydrogen-bond acceptors (Lipinski definition) is 6. The number of rotatable bonds is 7. The maximum atomic E-state index is 13.2. The van der Waals surface area contributed by atoms with Gasteiger partial charge in [0, 0.05) is 16.9 Å². The Morgan fingerprint density at radius 2 is 1.59 bits per heavy atom. The summed E-state index contributed by atoms with van der Waals surface area (Å²) in [5.74, 6) is -2.05. The molecule has 0 spiro atoms. The van der Waals surface area contributed by atoms with Gasteiger partial charge in [0.25, 0.3) is 17.7 Å². The number of esters is 1. The van der Waals surface area contributed by atoms with Crippen LogP contribution in [0.25, 0.3) is 0 Å². The van der Waals surface area contributed by atoms with Gasteiger partial charge in [-0.15, -0.1) is 0 Å². The predicted molar refractivity (Wildman–Crippen MR) is 142 cm³/mol. The average molecular weight is 518 g/mol. The quantitative estimate of drug-likeness (QED) is 0.331. The highest BCUT2D eigenvalue weighted by Gasteiger charge is 2.39. The van der Waals surface area contributed by atoms with E-state index >= 15 is 0 Å². The van der Waals surface area contributed by atoms with Crippen molar-refractivity contribution in [3.05, 3.63) is 99.7 Å². The Labute approximate surface area is 218 Å². The van der Waals surface area contributed by atoms with Gasteiger partial charge in [0.15, 0.2) is 0 Å². The third-order valence-corrected chi connectivity index (χ3v) is 6.24. The molecule has 1 aliphatic rings. The number of carbonyl (C=O) groups excluding carboxylic acids is 4. The number of amides is 3. The standard InChI is InChI=1S/C28H24ClN3O5/c1-4-37-28(36)18-11-13-20(14-12-18)31-25(33)19-8-6-9-21(15-19)30-24-23(29)26(34)32(27(24)35)22-10-5-7-16(2)17(22)3/h5-15,30H,4H2,1-3H3,(H,31,33). The van der Waals surface area contributed by atoms with Crippen molar-refractivity contribution >= 4 is 52.4 Å². The minimum atomic E-state index is -0.622. The van der Waals surface area contributed by atoms with Crippen LogP contribution >= 0.6 is 11.6 Å². The first-order valence-corrected chi connectivity index (χ1v) is 11.9. The van der Waals surface area contributed by atoms with Crippen molar-refractivity contribution in [1.29, 1.82) is 0 Å². The molecule has 0 bridgehead atoms. The lowest BCUT2D eigenvalue weighted by atomic mass is 10.1. The summed E-state index contributed by atoms with van der Waals surface area (Å²) in [5, 5.41) is 5.42. The molecule has 3 amide bonds. The van der Waals surface area contributed by atoms with Crippen LogP contribution in [0.15, 0.2) is 77.5 Å². The minimum Gasteiger partial charge on any atom is -0.462 e. The van der Waals surface area contributed by atoms with Gasteiger partial charge in [-0.1, -0.05) is 29.8 Å². The maximum Gasteiger partial charge on any atom is 0.338 e. The van der Waals surface area contributed by atoms with E-state index in [0.717, 1.165) is 16.0 Å². The number of benzene rings is 3. The van der Waals surface area contributed by atoms with Gasteiger partial charge in [-0.3, -0.25) is 14.4 Å². The molecule has 0 saturated carbocycles. The molecule has 0 fully saturated rings. The number of hydrogen-bond donors (Lipinski definition) is 2. The van der Waals surface area contributed by atoms with Gasteiger partial charge in [0.2, 0.25) is 0 Å². The molecule has 1 heterocycles. The lowest BCUT2D eigenvalue weighted by Gasteiger charge is -2.18. The monoisotopic (exact) mass is 517 g/mol. The van der Waals surface area contributed by atoms with Gasteiger partial charge in [-0.25, -0.2) is 9.69 Å². The number of nitrogens with zero attached hydrogens (tertiary/aromatic N) is 1. The van der Waals surface area contributed by atoms with E-state index in [1.807, 2.05) is 19.9 Å². The molecular weight excluding hydrogens is 494 g/mol. The lowest BCUT2D eigenvalue weighted by Crippen LogP contribution is -2.33. The maximum absolute atomic E-state index is 13.2. The van der Waals surface area contributed by atoms with Crippen LogP contribution in [0.3, 0.4) is 0 Å². The number of anilines is 3. The molecular formula is C28H24ClN3O5. The highest BCUT2D eigenvalue weighted by molar-refractivity contribution is 6.53. The zero-order valence-electron chi connectivity index (χ0n) is 20.4. The highest BCUT2D eigenvalue weighted by Crippen LogP contribution is 2.33. The molecule has 188 valence electrons. The van der Waals surface area contributed by atoms with Crippen LogP contribution in [0.1, 0.15) is 38.8 Å². The molecule has 8 nitrogen and oxygen atoms in total. The van der Waals surface area contributed by atoms with E-state index in [4.69, 9.17) is 16.3 Å². The summed E-state index contributed by atoms with van der Waals surface area (Å²) in [5.41, 5.74) is 3.70. The summed E-state index contributed by atoms with van der Waals surface area (Å²) >= 11 is 6.27. The first-order valence-electron chi connectivity index (χ1n) is 11.5. The Kier molecular flexibility index (Phi) is 7.40. The molecule has 3 aromatic rings. The minimum absolute atomic E-state index is 0.0697. The van der Waals surface area contributed by atoms with Crippen LogP contribution in [-0.4, -0.2) is 30.3 Å². The fraction of sp³-hybridized carbons (Fsp3) is 0.143. The Bertz CT molecular complexity index is 1450. The molecule has 0 unspecified atom stereocenters. The second kappa shape index (κ2) is 10.7. The van der Waals surface area contributed by atoms with Gasteiger partial charge >= 0.3 is 5.97 Å². The number of aryl methyl sites for hydroxylation is 1. The Morgan fingerprint density at radius 3 is 2.30 bits per heavy atom. The predicted octanol–water partition coefficient (Wildman–Crippen LogP) is 5.17. The van der Waals surface area contributed by atoms with Gasteiger partial charge in [0.1, 0.15) is 10.7 Å². The Hall–Kier alpha value is -4.43. The van der Waals surface area contributed by atoms with E-state index in [-0.39, 0.29) is 17.3 Å². The summed E-state index contributed by atoms with van der Waals surface area (Å²) < 4.78 is 4.96. The molecule has 0 atom stereocenters. The van der Waals surface area contributed by atoms with Crippen molar-refractivity contribution in [3.63, 3.8) is 0 Å². The van der Waals surface area contributed by atoms with Crippen molar-refractivity contribution in [2.45, 2.75) is 20.8 Å². The zero-order chi connectivity index (χ0) is 26.7.